The molecule has 0 aromatic heterocycles. The van der Waals surface area contributed by atoms with E-state index in [1.54, 1.807) is 36.4 Å². The highest BCUT2D eigenvalue weighted by atomic mass is 16.5. The van der Waals surface area contributed by atoms with Crippen LogP contribution in [0.3, 0.4) is 0 Å². The van der Waals surface area contributed by atoms with E-state index >= 15 is 0 Å². The molecule has 0 saturated heterocycles. The number of phenolic OH excluding ortho intramolecular Hbond substituents is 1. The average Bonchev–Trinajstić information content (AvgIpc) is 2.60. The molecule has 0 unspecified atom stereocenters. The summed E-state index contributed by atoms with van der Waals surface area (Å²) in [6.07, 6.45) is 1.49. The smallest absolute Gasteiger partial charge is 0.251 e. The molecular formula is C19H24N2O3. The van der Waals surface area contributed by atoms with Gasteiger partial charge in [-0.05, 0) is 55.3 Å². The van der Waals surface area contributed by atoms with Crippen molar-refractivity contribution in [2.45, 2.75) is 25.8 Å². The molecule has 2 aromatic rings. The standard InChI is InChI=1S/C19H24N2O3/c1-2-18(14-6-3-8-16(22)12-14)21-19(23)15-7-4-9-17(13-15)24-11-5-10-20/h3-4,6-9,12-13,18,22H,2,5,10-11,20H2,1H3,(H,21,23)/t18-/m0/s1. The minimum atomic E-state index is -0.172. The molecule has 5 nitrogen and oxygen atoms in total. The number of phenols is 1. The number of hydrogen-bond acceptors (Lipinski definition) is 4. The van der Waals surface area contributed by atoms with Crippen molar-refractivity contribution in [3.8, 4) is 11.5 Å². The Hall–Kier alpha value is -2.53. The summed E-state index contributed by atoms with van der Waals surface area (Å²) >= 11 is 0. The molecule has 0 fully saturated rings. The van der Waals surface area contributed by atoms with Crippen LogP contribution in [0.25, 0.3) is 0 Å². The molecule has 5 heteroatoms. The monoisotopic (exact) mass is 328 g/mol. The lowest BCUT2D eigenvalue weighted by Crippen LogP contribution is -2.28. The van der Waals surface area contributed by atoms with E-state index in [-0.39, 0.29) is 17.7 Å². The fraction of sp³-hybridized carbons (Fsp3) is 0.316. The van der Waals surface area contributed by atoms with Gasteiger partial charge in [0, 0.05) is 5.56 Å². The topological polar surface area (TPSA) is 84.6 Å². The van der Waals surface area contributed by atoms with Gasteiger partial charge in [-0.3, -0.25) is 4.79 Å². The first kappa shape index (κ1) is 17.8. The Labute approximate surface area is 142 Å². The van der Waals surface area contributed by atoms with Gasteiger partial charge in [0.1, 0.15) is 11.5 Å². The minimum Gasteiger partial charge on any atom is -0.508 e. The molecule has 0 spiro atoms. The summed E-state index contributed by atoms with van der Waals surface area (Å²) in [5.74, 6) is 0.673. The fourth-order valence-corrected chi connectivity index (χ4v) is 2.40. The van der Waals surface area contributed by atoms with E-state index in [4.69, 9.17) is 10.5 Å². The van der Waals surface area contributed by atoms with Crippen molar-refractivity contribution in [2.24, 2.45) is 5.73 Å². The van der Waals surface area contributed by atoms with Gasteiger partial charge in [-0.15, -0.1) is 0 Å². The lowest BCUT2D eigenvalue weighted by Gasteiger charge is -2.18. The maximum absolute atomic E-state index is 12.5. The van der Waals surface area contributed by atoms with Crippen LogP contribution >= 0.6 is 0 Å². The quantitative estimate of drug-likeness (QED) is 0.650. The van der Waals surface area contributed by atoms with Crippen LogP contribution in [-0.2, 0) is 0 Å². The summed E-state index contributed by atoms with van der Waals surface area (Å²) in [7, 11) is 0. The number of ether oxygens (including phenoxy) is 1. The van der Waals surface area contributed by atoms with Crippen LogP contribution in [0.4, 0.5) is 0 Å². The van der Waals surface area contributed by atoms with Crippen molar-refractivity contribution < 1.29 is 14.6 Å². The number of rotatable bonds is 8. The number of benzene rings is 2. The average molecular weight is 328 g/mol. The van der Waals surface area contributed by atoms with Crippen molar-refractivity contribution in [3.05, 3.63) is 59.7 Å². The summed E-state index contributed by atoms with van der Waals surface area (Å²) in [4.78, 5) is 12.5. The van der Waals surface area contributed by atoms with Crippen molar-refractivity contribution in [2.75, 3.05) is 13.2 Å². The van der Waals surface area contributed by atoms with E-state index in [2.05, 4.69) is 5.32 Å². The minimum absolute atomic E-state index is 0.161. The number of aromatic hydroxyl groups is 1. The van der Waals surface area contributed by atoms with Gasteiger partial charge in [0.05, 0.1) is 12.6 Å². The molecule has 1 atom stereocenters. The van der Waals surface area contributed by atoms with Gasteiger partial charge in [0.15, 0.2) is 0 Å². The first-order valence-electron chi connectivity index (χ1n) is 8.16. The molecule has 0 saturated carbocycles. The van der Waals surface area contributed by atoms with Crippen LogP contribution in [0.15, 0.2) is 48.5 Å². The van der Waals surface area contributed by atoms with E-state index in [1.165, 1.54) is 0 Å². The van der Waals surface area contributed by atoms with Gasteiger partial charge in [-0.2, -0.15) is 0 Å². The zero-order valence-corrected chi connectivity index (χ0v) is 13.9. The van der Waals surface area contributed by atoms with E-state index in [0.29, 0.717) is 24.5 Å². The van der Waals surface area contributed by atoms with Crippen molar-refractivity contribution in [3.63, 3.8) is 0 Å². The maximum atomic E-state index is 12.5. The molecule has 24 heavy (non-hydrogen) atoms. The van der Waals surface area contributed by atoms with Crippen LogP contribution in [0.5, 0.6) is 11.5 Å². The van der Waals surface area contributed by atoms with Gasteiger partial charge in [-0.25, -0.2) is 0 Å². The molecule has 0 bridgehead atoms. The molecule has 0 radical (unpaired) electrons. The summed E-state index contributed by atoms with van der Waals surface area (Å²) in [5.41, 5.74) is 6.86. The van der Waals surface area contributed by atoms with Gasteiger partial charge >= 0.3 is 0 Å². The number of nitrogens with one attached hydrogen (secondary N) is 1. The maximum Gasteiger partial charge on any atom is 0.251 e. The highest BCUT2D eigenvalue weighted by Gasteiger charge is 2.15. The number of carbonyl (C=O) groups is 1. The Kier molecular flexibility index (Phi) is 6.63. The van der Waals surface area contributed by atoms with Crippen LogP contribution in [0.1, 0.15) is 41.7 Å². The highest BCUT2D eigenvalue weighted by Crippen LogP contribution is 2.22. The van der Waals surface area contributed by atoms with Crippen LogP contribution in [-0.4, -0.2) is 24.2 Å². The van der Waals surface area contributed by atoms with Crippen molar-refractivity contribution >= 4 is 5.91 Å². The summed E-state index contributed by atoms with van der Waals surface area (Å²) in [6.45, 7) is 3.09. The van der Waals surface area contributed by atoms with Crippen LogP contribution in [0.2, 0.25) is 0 Å². The Bertz CT molecular complexity index is 673. The van der Waals surface area contributed by atoms with E-state index < -0.39 is 0 Å². The lowest BCUT2D eigenvalue weighted by atomic mass is 10.0. The first-order chi connectivity index (χ1) is 11.6. The molecule has 1 amide bonds. The van der Waals surface area contributed by atoms with E-state index in [1.807, 2.05) is 19.1 Å². The normalized spacial score (nSPS) is 11.8. The van der Waals surface area contributed by atoms with Crippen molar-refractivity contribution in [1.29, 1.82) is 0 Å². The van der Waals surface area contributed by atoms with E-state index in [9.17, 15) is 9.90 Å². The van der Waals surface area contributed by atoms with Crippen molar-refractivity contribution in [1.82, 2.24) is 5.32 Å². The van der Waals surface area contributed by atoms with Crippen LogP contribution in [0, 0.1) is 0 Å². The number of amides is 1. The van der Waals surface area contributed by atoms with Crippen LogP contribution < -0.4 is 15.8 Å². The molecular weight excluding hydrogens is 304 g/mol. The Morgan fingerprint density at radius 1 is 1.25 bits per heavy atom. The SMILES string of the molecule is CC[C@H](NC(=O)c1cccc(OCCCN)c1)c1cccc(O)c1. The van der Waals surface area contributed by atoms with E-state index in [0.717, 1.165) is 18.4 Å². The Balaban J connectivity index is 2.06. The summed E-state index contributed by atoms with van der Waals surface area (Å²) in [5, 5.41) is 12.6. The summed E-state index contributed by atoms with van der Waals surface area (Å²) in [6, 6.07) is 13.9. The largest absolute Gasteiger partial charge is 0.508 e. The molecule has 0 aliphatic carbocycles. The van der Waals surface area contributed by atoms with Gasteiger partial charge in [0.25, 0.3) is 5.91 Å². The second kappa shape index (κ2) is 8.93. The predicted molar refractivity (Wildman–Crippen MR) is 94.2 cm³/mol. The third-order valence-electron chi connectivity index (χ3n) is 3.70. The molecule has 2 aromatic carbocycles. The zero-order valence-electron chi connectivity index (χ0n) is 13.9. The van der Waals surface area contributed by atoms with Gasteiger partial charge in [0.2, 0.25) is 0 Å². The molecule has 128 valence electrons. The lowest BCUT2D eigenvalue weighted by molar-refractivity contribution is 0.0935. The molecule has 4 N–H and O–H groups in total. The predicted octanol–water partition coefficient (Wildman–Crippen LogP) is 3.00. The Morgan fingerprint density at radius 3 is 2.75 bits per heavy atom. The second-order valence-electron chi connectivity index (χ2n) is 5.55. The number of hydrogen-bond donors (Lipinski definition) is 3. The first-order valence-corrected chi connectivity index (χ1v) is 8.16. The second-order valence-corrected chi connectivity index (χ2v) is 5.55. The molecule has 0 aliphatic rings. The Morgan fingerprint density at radius 2 is 2.04 bits per heavy atom. The fourth-order valence-electron chi connectivity index (χ4n) is 2.40. The van der Waals surface area contributed by atoms with Gasteiger partial charge in [-0.1, -0.05) is 25.1 Å². The zero-order chi connectivity index (χ0) is 17.4. The highest BCUT2D eigenvalue weighted by molar-refractivity contribution is 5.94. The molecule has 2 rings (SSSR count). The summed E-state index contributed by atoms with van der Waals surface area (Å²) < 4.78 is 5.58. The third kappa shape index (κ3) is 4.99. The molecule has 0 heterocycles. The molecule has 0 aliphatic heterocycles. The number of nitrogens with two attached hydrogens (primary N) is 1. The van der Waals surface area contributed by atoms with Gasteiger partial charge < -0.3 is 20.9 Å². The third-order valence-corrected chi connectivity index (χ3v) is 3.70. The number of carbonyl (C=O) groups excluding carboxylic acids is 1.